The van der Waals surface area contributed by atoms with Crippen molar-refractivity contribution >= 4 is 5.52 Å². The molecule has 0 unspecified atom stereocenters. The molecule has 0 aromatic carbocycles. The topological polar surface area (TPSA) is 17.3 Å². The molecule has 0 aliphatic heterocycles. The number of nitrogens with zero attached hydrogens (tertiary/aromatic N) is 2. The number of hydrogen-bond donors (Lipinski definition) is 0. The van der Waals surface area contributed by atoms with Crippen molar-refractivity contribution in [3.63, 3.8) is 0 Å². The van der Waals surface area contributed by atoms with Gasteiger partial charge in [-0.1, -0.05) is 6.07 Å². The largest absolute Gasteiger partial charge is 0.435 e. The fourth-order valence-electron chi connectivity index (χ4n) is 1.08. The third-order valence-corrected chi connectivity index (χ3v) is 1.66. The molecule has 0 aliphatic rings. The molecule has 0 amide bonds. The highest BCUT2D eigenvalue weighted by Gasteiger charge is 2.33. The quantitative estimate of drug-likeness (QED) is 0.617. The monoisotopic (exact) mass is 186 g/mol. The van der Waals surface area contributed by atoms with Crippen molar-refractivity contribution < 1.29 is 13.2 Å². The van der Waals surface area contributed by atoms with Crippen LogP contribution in [0.5, 0.6) is 0 Å². The zero-order valence-corrected chi connectivity index (χ0v) is 6.42. The van der Waals surface area contributed by atoms with Gasteiger partial charge in [0.15, 0.2) is 5.69 Å². The minimum absolute atomic E-state index is 0.440. The molecule has 2 aromatic heterocycles. The first-order valence-corrected chi connectivity index (χ1v) is 3.59. The maximum Gasteiger partial charge on any atom is 0.435 e. The molecule has 2 nitrogen and oxygen atoms in total. The normalized spacial score (nSPS) is 12.2. The number of rotatable bonds is 0. The van der Waals surface area contributed by atoms with E-state index in [2.05, 4.69) is 5.10 Å². The molecule has 0 atom stereocenters. The van der Waals surface area contributed by atoms with Gasteiger partial charge < -0.3 is 0 Å². The van der Waals surface area contributed by atoms with Gasteiger partial charge in [0, 0.05) is 6.20 Å². The summed E-state index contributed by atoms with van der Waals surface area (Å²) in [7, 11) is 0. The van der Waals surface area contributed by atoms with Crippen LogP contribution in [-0.4, -0.2) is 9.61 Å². The van der Waals surface area contributed by atoms with Crippen molar-refractivity contribution in [2.45, 2.75) is 6.18 Å². The summed E-state index contributed by atoms with van der Waals surface area (Å²) in [4.78, 5) is 0. The second kappa shape index (κ2) is 2.48. The SMILES string of the molecule is FC(F)(F)c1cc2ccccn2n1. The molecule has 0 N–H and O–H groups in total. The summed E-state index contributed by atoms with van der Waals surface area (Å²) in [5.41, 5.74) is -0.423. The predicted molar refractivity (Wildman–Crippen MR) is 40.2 cm³/mol. The fourth-order valence-corrected chi connectivity index (χ4v) is 1.08. The first-order valence-electron chi connectivity index (χ1n) is 3.59. The summed E-state index contributed by atoms with van der Waals surface area (Å²) in [6.45, 7) is 0. The van der Waals surface area contributed by atoms with Gasteiger partial charge >= 0.3 is 6.18 Å². The average molecular weight is 186 g/mol. The number of pyridine rings is 1. The summed E-state index contributed by atoms with van der Waals surface area (Å²) in [5.74, 6) is 0. The Balaban J connectivity index is 2.63. The molecule has 2 heterocycles. The highest BCUT2D eigenvalue weighted by molar-refractivity contribution is 5.47. The lowest BCUT2D eigenvalue weighted by Gasteiger charge is -1.98. The lowest BCUT2D eigenvalue weighted by molar-refractivity contribution is -0.141. The van der Waals surface area contributed by atoms with Gasteiger partial charge in [-0.25, -0.2) is 4.52 Å². The molecule has 0 radical (unpaired) electrons. The molecule has 13 heavy (non-hydrogen) atoms. The van der Waals surface area contributed by atoms with E-state index in [1.807, 2.05) is 0 Å². The highest BCUT2D eigenvalue weighted by atomic mass is 19.4. The average Bonchev–Trinajstić information content (AvgIpc) is 2.45. The zero-order valence-electron chi connectivity index (χ0n) is 6.42. The number of halogens is 3. The molecule has 0 bridgehead atoms. The Labute approximate surface area is 71.6 Å². The van der Waals surface area contributed by atoms with Gasteiger partial charge in [0.25, 0.3) is 0 Å². The molecule has 0 aliphatic carbocycles. The number of fused-ring (bicyclic) bond motifs is 1. The van der Waals surface area contributed by atoms with Gasteiger partial charge in [-0.2, -0.15) is 18.3 Å². The Morgan fingerprint density at radius 1 is 1.23 bits per heavy atom. The second-order valence-electron chi connectivity index (χ2n) is 2.60. The minimum atomic E-state index is -4.37. The Hall–Kier alpha value is -1.52. The van der Waals surface area contributed by atoms with Crippen molar-refractivity contribution in [3.8, 4) is 0 Å². The summed E-state index contributed by atoms with van der Waals surface area (Å²) < 4.78 is 37.6. The molecule has 0 fully saturated rings. The van der Waals surface area contributed by atoms with E-state index < -0.39 is 11.9 Å². The fraction of sp³-hybridized carbons (Fsp3) is 0.125. The number of alkyl halides is 3. The van der Waals surface area contributed by atoms with E-state index in [-0.39, 0.29) is 0 Å². The van der Waals surface area contributed by atoms with E-state index in [1.54, 1.807) is 18.2 Å². The maximum atomic E-state index is 12.2. The lowest BCUT2D eigenvalue weighted by Crippen LogP contribution is -2.05. The second-order valence-corrected chi connectivity index (χ2v) is 2.60. The van der Waals surface area contributed by atoms with Crippen molar-refractivity contribution in [3.05, 3.63) is 36.2 Å². The van der Waals surface area contributed by atoms with Gasteiger partial charge in [-0.15, -0.1) is 0 Å². The van der Waals surface area contributed by atoms with Crippen LogP contribution in [0.1, 0.15) is 5.69 Å². The molecular weight excluding hydrogens is 181 g/mol. The van der Waals surface area contributed by atoms with Gasteiger partial charge in [-0.05, 0) is 18.2 Å². The zero-order chi connectivity index (χ0) is 9.47. The summed E-state index contributed by atoms with van der Waals surface area (Å²) in [6, 6.07) is 5.87. The Kier molecular flexibility index (Phi) is 1.55. The summed E-state index contributed by atoms with van der Waals surface area (Å²) >= 11 is 0. The summed E-state index contributed by atoms with van der Waals surface area (Å²) in [5, 5.41) is 3.38. The van der Waals surface area contributed by atoms with Gasteiger partial charge in [-0.3, -0.25) is 0 Å². The van der Waals surface area contributed by atoms with E-state index in [9.17, 15) is 13.2 Å². The third-order valence-electron chi connectivity index (χ3n) is 1.66. The van der Waals surface area contributed by atoms with E-state index >= 15 is 0 Å². The van der Waals surface area contributed by atoms with Crippen LogP contribution in [0, 0.1) is 0 Å². The van der Waals surface area contributed by atoms with Crippen LogP contribution in [0.4, 0.5) is 13.2 Å². The van der Waals surface area contributed by atoms with Gasteiger partial charge in [0.05, 0.1) is 5.52 Å². The molecule has 0 spiro atoms. The molecule has 0 saturated carbocycles. The third kappa shape index (κ3) is 1.37. The van der Waals surface area contributed by atoms with Crippen LogP contribution in [-0.2, 0) is 6.18 Å². The number of aromatic nitrogens is 2. The van der Waals surface area contributed by atoms with Crippen LogP contribution in [0.3, 0.4) is 0 Å². The van der Waals surface area contributed by atoms with E-state index in [0.717, 1.165) is 6.07 Å². The van der Waals surface area contributed by atoms with Gasteiger partial charge in [0.1, 0.15) is 0 Å². The van der Waals surface area contributed by atoms with E-state index in [4.69, 9.17) is 0 Å². The minimum Gasteiger partial charge on any atom is -0.240 e. The Morgan fingerprint density at radius 2 is 2.00 bits per heavy atom. The van der Waals surface area contributed by atoms with Crippen molar-refractivity contribution in [2.24, 2.45) is 0 Å². The molecule has 2 rings (SSSR count). The van der Waals surface area contributed by atoms with Crippen molar-refractivity contribution in [1.29, 1.82) is 0 Å². The van der Waals surface area contributed by atoms with Crippen molar-refractivity contribution in [2.75, 3.05) is 0 Å². The molecule has 2 aromatic rings. The van der Waals surface area contributed by atoms with Crippen LogP contribution >= 0.6 is 0 Å². The van der Waals surface area contributed by atoms with E-state index in [1.165, 1.54) is 10.7 Å². The molecule has 5 heteroatoms. The highest BCUT2D eigenvalue weighted by Crippen LogP contribution is 2.28. The van der Waals surface area contributed by atoms with Crippen LogP contribution in [0.25, 0.3) is 5.52 Å². The molecule has 0 saturated heterocycles. The molecular formula is C8H5F3N2. The van der Waals surface area contributed by atoms with E-state index in [0.29, 0.717) is 5.52 Å². The predicted octanol–water partition coefficient (Wildman–Crippen LogP) is 2.35. The standard InChI is InChI=1S/C8H5F3N2/c9-8(10,11)7-5-6-3-1-2-4-13(6)12-7/h1-5H. The van der Waals surface area contributed by atoms with Crippen LogP contribution < -0.4 is 0 Å². The molecule has 68 valence electrons. The van der Waals surface area contributed by atoms with Gasteiger partial charge in [0.2, 0.25) is 0 Å². The van der Waals surface area contributed by atoms with Crippen LogP contribution in [0.2, 0.25) is 0 Å². The maximum absolute atomic E-state index is 12.2. The Morgan fingerprint density at radius 3 is 2.62 bits per heavy atom. The lowest BCUT2D eigenvalue weighted by atomic mass is 10.3. The Bertz CT molecular complexity index is 397. The summed E-state index contributed by atoms with van der Waals surface area (Å²) in [6.07, 6.45) is -2.89. The van der Waals surface area contributed by atoms with Crippen LogP contribution in [0.15, 0.2) is 30.5 Å². The number of hydrogen-bond acceptors (Lipinski definition) is 1. The first kappa shape index (κ1) is 8.10. The smallest absolute Gasteiger partial charge is 0.240 e. The van der Waals surface area contributed by atoms with Crippen molar-refractivity contribution in [1.82, 2.24) is 9.61 Å². The first-order chi connectivity index (χ1) is 6.07.